The van der Waals surface area contributed by atoms with E-state index in [1.165, 1.54) is 11.3 Å². The molecule has 0 aliphatic heterocycles. The van der Waals surface area contributed by atoms with Gasteiger partial charge in [0.25, 0.3) is 0 Å². The van der Waals surface area contributed by atoms with Crippen molar-refractivity contribution in [2.45, 2.75) is 6.92 Å². The Morgan fingerprint density at radius 1 is 0.553 bits per heavy atom. The summed E-state index contributed by atoms with van der Waals surface area (Å²) in [6.07, 6.45) is 0. The average molecular weight is 517 g/mol. The molecule has 0 radical (unpaired) electrons. The topological polar surface area (TPSA) is 35.5 Å². The van der Waals surface area contributed by atoms with Crippen LogP contribution in [0, 0.1) is 0 Å². The molecular formula is C34H28O3S. The molecule has 1 aromatic heterocycles. The predicted octanol–water partition coefficient (Wildman–Crippen LogP) is 8.64. The van der Waals surface area contributed by atoms with Gasteiger partial charge in [0.1, 0.15) is 11.5 Å². The predicted molar refractivity (Wildman–Crippen MR) is 157 cm³/mol. The maximum Gasteiger partial charge on any atom is 0.169 e. The number of Topliss-reactive ketones (excluding diaryl/α,β-unsaturated/α-hetero) is 1. The first-order valence-electron chi connectivity index (χ1n) is 12.4. The second-order valence-corrected chi connectivity index (χ2v) is 9.95. The number of ether oxygens (including phenoxy) is 2. The monoisotopic (exact) mass is 516 g/mol. The number of carbonyl (C=O) groups is 1. The first kappa shape index (κ1) is 25.2. The van der Waals surface area contributed by atoms with E-state index in [2.05, 4.69) is 72.8 Å². The zero-order valence-electron chi connectivity index (χ0n) is 21.6. The molecular weight excluding hydrogens is 488 g/mol. The summed E-state index contributed by atoms with van der Waals surface area (Å²) in [5.74, 6) is 1.72. The van der Waals surface area contributed by atoms with Gasteiger partial charge in [-0.3, -0.25) is 4.79 Å². The Kier molecular flexibility index (Phi) is 7.52. The second-order valence-electron chi connectivity index (χ2n) is 8.87. The van der Waals surface area contributed by atoms with Crippen molar-refractivity contribution < 1.29 is 14.3 Å². The molecule has 4 heteroatoms. The van der Waals surface area contributed by atoms with Crippen LogP contribution in [0.15, 0.2) is 115 Å². The lowest BCUT2D eigenvalue weighted by Gasteiger charge is -2.19. The number of hydrogen-bond donors (Lipinski definition) is 0. The minimum atomic E-state index is 0.0922. The van der Waals surface area contributed by atoms with Gasteiger partial charge in [0.15, 0.2) is 5.78 Å². The smallest absolute Gasteiger partial charge is 0.169 e. The highest BCUT2D eigenvalue weighted by molar-refractivity contribution is 7.17. The fourth-order valence-corrected chi connectivity index (χ4v) is 5.42. The molecule has 1 heterocycles. The van der Waals surface area contributed by atoms with Crippen molar-refractivity contribution in [2.75, 3.05) is 14.2 Å². The van der Waals surface area contributed by atoms with Crippen LogP contribution in [0.5, 0.6) is 11.5 Å². The van der Waals surface area contributed by atoms with Crippen molar-refractivity contribution in [1.29, 1.82) is 0 Å². The Hall–Kier alpha value is -4.41. The lowest BCUT2D eigenvalue weighted by Crippen LogP contribution is -1.98. The van der Waals surface area contributed by atoms with Crippen LogP contribution < -0.4 is 9.47 Å². The van der Waals surface area contributed by atoms with E-state index in [4.69, 9.17) is 9.47 Å². The van der Waals surface area contributed by atoms with E-state index in [1.54, 1.807) is 21.1 Å². The van der Waals surface area contributed by atoms with Crippen LogP contribution in [-0.4, -0.2) is 20.0 Å². The zero-order valence-corrected chi connectivity index (χ0v) is 22.4. The minimum absolute atomic E-state index is 0.0922. The molecule has 0 aliphatic carbocycles. The summed E-state index contributed by atoms with van der Waals surface area (Å²) in [6.45, 7) is 1.61. The first-order valence-corrected chi connectivity index (χ1v) is 13.2. The second kappa shape index (κ2) is 11.3. The molecule has 0 fully saturated rings. The molecule has 0 unspecified atom stereocenters. The Morgan fingerprint density at radius 2 is 1.00 bits per heavy atom. The highest BCUT2D eigenvalue weighted by Crippen LogP contribution is 2.39. The highest BCUT2D eigenvalue weighted by Gasteiger charge is 2.17. The fourth-order valence-electron chi connectivity index (χ4n) is 4.51. The van der Waals surface area contributed by atoms with Crippen LogP contribution in [0.4, 0.5) is 0 Å². The van der Waals surface area contributed by atoms with Crippen LogP contribution in [-0.2, 0) is 0 Å². The van der Waals surface area contributed by atoms with E-state index < -0.39 is 0 Å². The van der Waals surface area contributed by atoms with Crippen molar-refractivity contribution in [1.82, 2.24) is 0 Å². The van der Waals surface area contributed by atoms with Crippen LogP contribution in [0.2, 0.25) is 0 Å². The van der Waals surface area contributed by atoms with Gasteiger partial charge in [0.05, 0.1) is 19.1 Å². The standard InChI is InChI=1S/C34H28O3S/c1-23(35)31-21-22-32(38-31)24-9-11-26(12-10-24)34(28-15-19-30(37-3)20-16-28)33(25-7-5-4-6-8-25)27-13-17-29(36-2)18-14-27/h4-22H,1-3H3/b34-33-. The molecule has 0 saturated heterocycles. The molecule has 0 bridgehead atoms. The van der Waals surface area contributed by atoms with Gasteiger partial charge >= 0.3 is 0 Å². The summed E-state index contributed by atoms with van der Waals surface area (Å²) in [6, 6.07) is 39.4. The third-order valence-corrected chi connectivity index (χ3v) is 7.72. The van der Waals surface area contributed by atoms with Gasteiger partial charge in [0.2, 0.25) is 0 Å². The SMILES string of the molecule is COc1ccc(/C(=C(\c2ccc(OC)cc2)c2ccc(-c3ccc(C(C)=O)s3)cc2)c2ccccc2)cc1. The number of carbonyl (C=O) groups excluding carboxylic acids is 1. The first-order chi connectivity index (χ1) is 18.6. The number of thiophene rings is 1. The average Bonchev–Trinajstić information content (AvgIpc) is 3.48. The lowest BCUT2D eigenvalue weighted by atomic mass is 9.85. The Balaban J connectivity index is 1.72. The van der Waals surface area contributed by atoms with Crippen LogP contribution in [0.3, 0.4) is 0 Å². The Morgan fingerprint density at radius 3 is 1.42 bits per heavy atom. The van der Waals surface area contributed by atoms with Gasteiger partial charge < -0.3 is 9.47 Å². The number of hydrogen-bond acceptors (Lipinski definition) is 4. The maximum absolute atomic E-state index is 11.8. The van der Waals surface area contributed by atoms with Crippen molar-refractivity contribution in [3.8, 4) is 21.9 Å². The number of methoxy groups -OCH3 is 2. The largest absolute Gasteiger partial charge is 0.497 e. The summed E-state index contributed by atoms with van der Waals surface area (Å²) in [4.78, 5) is 13.7. The summed E-state index contributed by atoms with van der Waals surface area (Å²) >= 11 is 1.53. The van der Waals surface area contributed by atoms with Gasteiger partial charge in [-0.25, -0.2) is 0 Å². The van der Waals surface area contributed by atoms with Gasteiger partial charge in [-0.2, -0.15) is 0 Å². The molecule has 38 heavy (non-hydrogen) atoms. The quantitative estimate of drug-likeness (QED) is 0.153. The molecule has 3 nitrogen and oxygen atoms in total. The Bertz CT molecular complexity index is 1560. The molecule has 4 aromatic carbocycles. The van der Waals surface area contributed by atoms with Gasteiger partial charge in [-0.15, -0.1) is 11.3 Å². The van der Waals surface area contributed by atoms with Crippen molar-refractivity contribution in [2.24, 2.45) is 0 Å². The lowest BCUT2D eigenvalue weighted by molar-refractivity contribution is 0.102. The van der Waals surface area contributed by atoms with E-state index >= 15 is 0 Å². The van der Waals surface area contributed by atoms with Crippen molar-refractivity contribution in [3.63, 3.8) is 0 Å². The van der Waals surface area contributed by atoms with Crippen molar-refractivity contribution in [3.05, 3.63) is 142 Å². The van der Waals surface area contributed by atoms with Crippen LogP contribution in [0.25, 0.3) is 21.6 Å². The molecule has 5 rings (SSSR count). The number of ketones is 1. The molecule has 188 valence electrons. The molecule has 0 N–H and O–H groups in total. The number of rotatable bonds is 8. The van der Waals surface area contributed by atoms with E-state index in [0.29, 0.717) is 0 Å². The van der Waals surface area contributed by atoms with E-state index in [9.17, 15) is 4.79 Å². The summed E-state index contributed by atoms with van der Waals surface area (Å²) < 4.78 is 10.9. The Labute approximate surface area is 227 Å². The molecule has 0 aliphatic rings. The van der Waals surface area contributed by atoms with Crippen LogP contribution in [0.1, 0.15) is 38.8 Å². The molecule has 0 amide bonds. The van der Waals surface area contributed by atoms with E-state index in [0.717, 1.165) is 60.2 Å². The van der Waals surface area contributed by atoms with Gasteiger partial charge in [-0.05, 0) is 82.3 Å². The molecule has 0 spiro atoms. The van der Waals surface area contributed by atoms with Gasteiger partial charge in [0, 0.05) is 4.88 Å². The summed E-state index contributed by atoms with van der Waals surface area (Å²) in [5, 5.41) is 0. The van der Waals surface area contributed by atoms with Gasteiger partial charge in [-0.1, -0.05) is 78.9 Å². The fraction of sp³-hybridized carbons (Fsp3) is 0.0882. The molecule has 0 atom stereocenters. The van der Waals surface area contributed by atoms with Crippen molar-refractivity contribution >= 4 is 28.3 Å². The third-order valence-electron chi connectivity index (χ3n) is 6.48. The zero-order chi connectivity index (χ0) is 26.5. The molecule has 5 aromatic rings. The normalized spacial score (nSPS) is 11.6. The summed E-state index contributed by atoms with van der Waals surface area (Å²) in [7, 11) is 3.36. The van der Waals surface area contributed by atoms with Crippen LogP contribution >= 0.6 is 11.3 Å². The van der Waals surface area contributed by atoms with E-state index in [-0.39, 0.29) is 5.78 Å². The summed E-state index contributed by atoms with van der Waals surface area (Å²) in [5.41, 5.74) is 7.73. The van der Waals surface area contributed by atoms with E-state index in [1.807, 2.05) is 42.5 Å². The maximum atomic E-state index is 11.8. The minimum Gasteiger partial charge on any atom is -0.497 e. The number of benzene rings is 4. The third kappa shape index (κ3) is 5.31. The molecule has 0 saturated carbocycles. The highest BCUT2D eigenvalue weighted by atomic mass is 32.1.